The van der Waals surface area contributed by atoms with Crippen molar-refractivity contribution in [1.29, 1.82) is 0 Å². The molecule has 0 N–H and O–H groups in total. The molecule has 0 bridgehead atoms. The van der Waals surface area contributed by atoms with Crippen molar-refractivity contribution in [2.45, 2.75) is 161 Å². The van der Waals surface area contributed by atoms with Crippen LogP contribution in [0.5, 0.6) is 17.2 Å². The Hall–Kier alpha value is -14.3. The van der Waals surface area contributed by atoms with Gasteiger partial charge >= 0.3 is 0 Å². The zero-order valence-electron chi connectivity index (χ0n) is 82.1. The van der Waals surface area contributed by atoms with Crippen molar-refractivity contribution < 1.29 is 14.2 Å². The Morgan fingerprint density at radius 3 is 0.752 bits per heavy atom. The molecule has 3 saturated carbocycles. The summed E-state index contributed by atoms with van der Waals surface area (Å²) in [6, 6.07) is 176. The fraction of sp³-hybridized carbons (Fsp3) is 0.159. The molecule has 23 aromatic carbocycles. The number of fused-ring (bicyclic) bond motifs is 11. The second-order valence-electron chi connectivity index (χ2n) is 39.1. The van der Waals surface area contributed by atoms with Crippen LogP contribution < -0.4 is 14.2 Å². The molecule has 3 aliphatic rings. The normalized spacial score (nSPS) is 13.8. The van der Waals surface area contributed by atoms with Gasteiger partial charge < -0.3 is 14.2 Å². The molecule has 0 aromatic heterocycles. The van der Waals surface area contributed by atoms with E-state index in [0.29, 0.717) is 11.8 Å². The van der Waals surface area contributed by atoms with Crippen LogP contribution >= 0.6 is 0 Å². The molecule has 0 radical (unpaired) electrons. The third-order valence-corrected chi connectivity index (χ3v) is 39.0. The highest BCUT2D eigenvalue weighted by atomic mass is 32.2. The van der Waals surface area contributed by atoms with Crippen LogP contribution in [-0.2, 0) is 43.6 Å². The molecular weight excluding hydrogens is 1830 g/mol. The highest BCUT2D eigenvalue weighted by molar-refractivity contribution is 7.98. The standard InChI is InChI=1S/C38H35OS.C37H33OS.C33H31OS.C30H21S/c1-2-10-28(11-3-1)24-25-39-37-22-23-38(36-17-9-8-16-35(36)37)40(33-20-18-29-12-4-6-14-31(29)26-33)34-21-19-30-13-5-7-15-32(30)27-34;1-2-12-27(13-3-1)26-38-34-24-25-37(33-21-9-8-20-32(33)34)39(35-22-10-16-28-14-4-6-18-30(28)35)36-23-11-17-29-15-5-7-19-31(29)36;1-2-8-25(9-3-1)24-34-30-16-20-31(21-17-30)35(32-18-14-26-10-4-6-12-28(26)22-32)33-19-15-27-11-5-7-13-29(27)23-33;1-4-16-25-22(10-1)13-7-19-28(25)31(29-20-8-14-23-11-2-5-17-26(23)29)30-21-9-15-24-12-3-6-18-27(24)30/h4-9,12-23,26-28H,1-3,10-11,24-25H2;4-11,14-25,27H,1-3,12-13,26H2;4-7,10-23,25H,1-3,8-9,24H2;1-21H/q4*+1. The monoisotopic (exact) mass is 1950 g/mol. The first-order valence-electron chi connectivity index (χ1n) is 52.3. The van der Waals surface area contributed by atoms with Crippen LogP contribution in [0.3, 0.4) is 0 Å². The number of benzene rings is 23. The molecule has 0 spiro atoms. The molecule has 3 fully saturated rings. The molecular formula is C138H120O3S4+4. The minimum absolute atomic E-state index is 0.199. The van der Waals surface area contributed by atoms with Gasteiger partial charge in [0.25, 0.3) is 0 Å². The highest BCUT2D eigenvalue weighted by Gasteiger charge is 2.39. The minimum Gasteiger partial charge on any atom is -0.493 e. The number of ether oxygens (including phenoxy) is 3. The first-order chi connectivity index (χ1) is 71.9. The van der Waals surface area contributed by atoms with Gasteiger partial charge in [0.05, 0.1) is 41.6 Å². The molecule has 0 heterocycles. The summed E-state index contributed by atoms with van der Waals surface area (Å²) >= 11 is 0. The van der Waals surface area contributed by atoms with Gasteiger partial charge in [0.1, 0.15) is 39.0 Å². The summed E-state index contributed by atoms with van der Waals surface area (Å²) in [6.45, 7) is 2.47. The maximum atomic E-state index is 6.55. The SMILES string of the molecule is c1ccc2c([S+](c3cccc4ccccc34)c3ccc(OCC4CCCCC4)c4ccccc34)cccc2c1.c1ccc2c([S+](c3cccc4ccccc34)c3cccc4ccccc34)cccc2c1.c1ccc2cc([S+](c3ccc(OCC4CCCCC4)cc3)c3ccc4ccccc4c3)ccc2c1.c1ccc2cc([S+](c3ccc4ccccc4c3)c3ccc(OCCC4CCCCC4)c4ccccc34)ccc2c1. The first-order valence-corrected chi connectivity index (χ1v) is 57.2. The zero-order valence-corrected chi connectivity index (χ0v) is 85.4. The molecule has 3 nitrogen and oxygen atoms in total. The van der Waals surface area contributed by atoms with Crippen LogP contribution in [0.4, 0.5) is 0 Å². The van der Waals surface area contributed by atoms with E-state index in [1.54, 1.807) is 0 Å². The molecule has 710 valence electrons. The summed E-state index contributed by atoms with van der Waals surface area (Å²) in [6.07, 6.45) is 21.4. The second-order valence-corrected chi connectivity index (χ2v) is 47.0. The lowest BCUT2D eigenvalue weighted by molar-refractivity contribution is 0.209. The molecule has 26 rings (SSSR count). The number of hydrogen-bond donors (Lipinski definition) is 0. The molecule has 0 amide bonds. The summed E-state index contributed by atoms with van der Waals surface area (Å²) in [5.74, 6) is 5.23. The van der Waals surface area contributed by atoms with E-state index < -0.39 is 0 Å². The maximum absolute atomic E-state index is 6.55. The minimum atomic E-state index is -0.310. The van der Waals surface area contributed by atoms with Crippen LogP contribution in [0, 0.1) is 17.8 Å². The predicted octanol–water partition coefficient (Wildman–Crippen LogP) is 38.1. The zero-order chi connectivity index (χ0) is 96.8. The maximum Gasteiger partial charge on any atom is 0.174 e. The Kier molecular flexibility index (Phi) is 29.2. The number of hydrogen-bond acceptors (Lipinski definition) is 3. The Labute approximate surface area is 864 Å². The van der Waals surface area contributed by atoms with Crippen LogP contribution in [0.1, 0.15) is 103 Å². The van der Waals surface area contributed by atoms with Crippen LogP contribution in [0.2, 0.25) is 0 Å². The van der Waals surface area contributed by atoms with Gasteiger partial charge in [-0.3, -0.25) is 0 Å². The second kappa shape index (κ2) is 44.9. The molecule has 145 heavy (non-hydrogen) atoms. The summed E-state index contributed by atoms with van der Waals surface area (Å²) in [5.41, 5.74) is 0. The lowest BCUT2D eigenvalue weighted by Crippen LogP contribution is -2.15. The molecule has 0 unspecified atom stereocenters. The third-order valence-electron chi connectivity index (χ3n) is 29.8. The van der Waals surface area contributed by atoms with Crippen molar-refractivity contribution in [3.8, 4) is 17.2 Å². The smallest absolute Gasteiger partial charge is 0.174 e. The van der Waals surface area contributed by atoms with E-state index in [-0.39, 0.29) is 43.6 Å². The molecule has 0 aliphatic heterocycles. The fourth-order valence-electron chi connectivity index (χ4n) is 22.3. The Bertz CT molecular complexity index is 8050. The predicted molar refractivity (Wildman–Crippen MR) is 619 cm³/mol. The van der Waals surface area contributed by atoms with Gasteiger partial charge in [-0.2, -0.15) is 0 Å². The fourth-order valence-corrected chi connectivity index (χ4v) is 31.8. The van der Waals surface area contributed by atoms with Crippen molar-refractivity contribution in [3.05, 3.63) is 479 Å². The van der Waals surface area contributed by atoms with E-state index in [1.807, 2.05) is 0 Å². The Morgan fingerprint density at radius 2 is 0.414 bits per heavy atom. The van der Waals surface area contributed by atoms with Gasteiger partial charge in [0.2, 0.25) is 0 Å². The first kappa shape index (κ1) is 94.3. The Morgan fingerprint density at radius 1 is 0.166 bits per heavy atom. The topological polar surface area (TPSA) is 27.7 Å². The van der Waals surface area contributed by atoms with Gasteiger partial charge in [0, 0.05) is 72.7 Å². The van der Waals surface area contributed by atoms with E-state index >= 15 is 0 Å². The van der Waals surface area contributed by atoms with Crippen molar-refractivity contribution in [2.24, 2.45) is 17.8 Å². The van der Waals surface area contributed by atoms with Crippen LogP contribution in [0.15, 0.2) is 538 Å². The van der Waals surface area contributed by atoms with Crippen LogP contribution in [-0.4, -0.2) is 19.8 Å². The van der Waals surface area contributed by atoms with E-state index in [0.717, 1.165) is 49.4 Å². The van der Waals surface area contributed by atoms with Crippen molar-refractivity contribution in [1.82, 2.24) is 0 Å². The average molecular weight is 1950 g/mol. The summed E-state index contributed by atoms with van der Waals surface area (Å²) in [7, 11) is -1.02. The van der Waals surface area contributed by atoms with Gasteiger partial charge in [-0.05, 0) is 290 Å². The Balaban J connectivity index is 0.000000107. The largest absolute Gasteiger partial charge is 0.493 e. The van der Waals surface area contributed by atoms with Gasteiger partial charge in [-0.25, -0.2) is 0 Å². The molecule has 3 aliphatic carbocycles. The van der Waals surface area contributed by atoms with Gasteiger partial charge in [-0.1, -0.05) is 356 Å². The van der Waals surface area contributed by atoms with E-state index in [1.165, 1.54) is 274 Å². The van der Waals surface area contributed by atoms with Crippen molar-refractivity contribution in [2.75, 3.05) is 19.8 Å². The summed E-state index contributed by atoms with van der Waals surface area (Å²) in [5, 5.41) is 28.3. The van der Waals surface area contributed by atoms with E-state index in [2.05, 4.69) is 479 Å². The lowest BCUT2D eigenvalue weighted by Gasteiger charge is -2.22. The highest BCUT2D eigenvalue weighted by Crippen LogP contribution is 2.48. The number of rotatable bonds is 22. The lowest BCUT2D eigenvalue weighted by atomic mass is 9.87. The quantitative estimate of drug-likeness (QED) is 0.0633. The van der Waals surface area contributed by atoms with Crippen molar-refractivity contribution >= 4 is 162 Å². The average Bonchev–Trinajstić information content (AvgIpc) is 0.727. The van der Waals surface area contributed by atoms with E-state index in [9.17, 15) is 0 Å². The molecule has 0 saturated heterocycles. The van der Waals surface area contributed by atoms with Crippen molar-refractivity contribution in [3.63, 3.8) is 0 Å². The van der Waals surface area contributed by atoms with Gasteiger partial charge in [0.15, 0.2) is 58.7 Å². The third kappa shape index (κ3) is 21.1. The van der Waals surface area contributed by atoms with E-state index in [4.69, 9.17) is 14.2 Å². The molecule has 0 atom stereocenters. The summed E-state index contributed by atoms with van der Waals surface area (Å²) < 4.78 is 19.2. The molecule has 23 aromatic rings. The summed E-state index contributed by atoms with van der Waals surface area (Å²) in [4.78, 5) is 16.3. The van der Waals surface area contributed by atoms with Gasteiger partial charge in [-0.15, -0.1) is 0 Å². The van der Waals surface area contributed by atoms with Crippen LogP contribution in [0.25, 0.3) is 118 Å². The molecule has 7 heteroatoms.